The van der Waals surface area contributed by atoms with Crippen LogP contribution in [0.25, 0.3) is 0 Å². The summed E-state index contributed by atoms with van der Waals surface area (Å²) in [7, 11) is 0. The van der Waals surface area contributed by atoms with E-state index >= 15 is 0 Å². The first-order valence-electron chi connectivity index (χ1n) is 9.70. The molecule has 5 nitrogen and oxygen atoms in total. The van der Waals surface area contributed by atoms with Gasteiger partial charge in [0, 0.05) is 6.04 Å². The quantitative estimate of drug-likeness (QED) is 0.763. The summed E-state index contributed by atoms with van der Waals surface area (Å²) in [6.07, 6.45) is 3.63. The Labute approximate surface area is 151 Å². The Bertz CT molecular complexity index is 584. The van der Waals surface area contributed by atoms with Gasteiger partial charge in [-0.1, -0.05) is 38.8 Å². The van der Waals surface area contributed by atoms with E-state index in [4.69, 9.17) is 0 Å². The van der Waals surface area contributed by atoms with E-state index in [1.54, 1.807) is 6.07 Å². The van der Waals surface area contributed by atoms with E-state index in [9.17, 15) is 9.90 Å². The van der Waals surface area contributed by atoms with Crippen LogP contribution >= 0.6 is 0 Å². The van der Waals surface area contributed by atoms with Crippen LogP contribution in [0.2, 0.25) is 0 Å². The van der Waals surface area contributed by atoms with Gasteiger partial charge in [-0.05, 0) is 30.4 Å². The second-order valence-corrected chi connectivity index (χ2v) is 7.84. The number of nitrogens with one attached hydrogen (secondary N) is 2. The number of hydrogen-bond acceptors (Lipinski definition) is 3. The average Bonchev–Trinajstić information content (AvgIpc) is 2.60. The lowest BCUT2D eigenvalue weighted by atomic mass is 9.78. The van der Waals surface area contributed by atoms with E-state index in [1.165, 1.54) is 17.7 Å². The topological polar surface area (TPSA) is 57.0 Å². The second-order valence-electron chi connectivity index (χ2n) is 7.84. The Balaban J connectivity index is 1.46. The number of aromatic hydroxyl groups is 1. The monoisotopic (exact) mass is 346 g/mol. The first kappa shape index (κ1) is 18.1. The molecule has 1 saturated heterocycles. The Morgan fingerprint density at radius 3 is 2.68 bits per heavy atom. The minimum atomic E-state index is 0.192. The van der Waals surface area contributed by atoms with Crippen LogP contribution in [0.5, 0.6) is 5.75 Å². The number of nitrogens with zero attached hydrogens (tertiary/aromatic N) is 1. The van der Waals surface area contributed by atoms with Crippen molar-refractivity contribution in [3.8, 4) is 5.75 Å². The predicted molar refractivity (Wildman–Crippen MR) is 100.0 cm³/mol. The molecule has 1 aliphatic carbocycles. The van der Waals surface area contributed by atoms with E-state index in [0.717, 1.165) is 38.3 Å². The molecule has 3 N–H and O–H groups in total. The molecule has 0 aromatic heterocycles. The van der Waals surface area contributed by atoms with Gasteiger partial charge in [-0.3, -0.25) is 4.79 Å². The molecule has 3 rings (SSSR count). The Morgan fingerprint density at radius 2 is 1.96 bits per heavy atom. The Hall–Kier alpha value is -1.75. The summed E-state index contributed by atoms with van der Waals surface area (Å²) in [5.74, 6) is 1.81. The van der Waals surface area contributed by atoms with Gasteiger partial charge in [-0.2, -0.15) is 0 Å². The van der Waals surface area contributed by atoms with Crippen LogP contribution in [0.1, 0.15) is 33.1 Å². The van der Waals surface area contributed by atoms with Crippen molar-refractivity contribution >= 4 is 11.6 Å². The van der Waals surface area contributed by atoms with Gasteiger partial charge in [-0.25, -0.2) is 0 Å². The van der Waals surface area contributed by atoms with E-state index in [1.807, 2.05) is 18.2 Å². The number of phenols is 1. The Kier molecular flexibility index (Phi) is 5.84. The first-order valence-corrected chi connectivity index (χ1v) is 9.70. The van der Waals surface area contributed by atoms with Gasteiger partial charge >= 0.3 is 0 Å². The van der Waals surface area contributed by atoms with E-state index in [-0.39, 0.29) is 5.91 Å². The summed E-state index contributed by atoms with van der Waals surface area (Å²) in [5.41, 5.74) is 0.899. The smallest absolute Gasteiger partial charge is 0.275 e. The third kappa shape index (κ3) is 4.46. The van der Waals surface area contributed by atoms with Crippen LogP contribution in [0.4, 0.5) is 5.69 Å². The van der Waals surface area contributed by atoms with Gasteiger partial charge in [0.05, 0.1) is 31.9 Å². The molecule has 1 aliphatic heterocycles. The van der Waals surface area contributed by atoms with E-state index in [2.05, 4.69) is 24.1 Å². The zero-order valence-electron chi connectivity index (χ0n) is 15.5. The standard InChI is InChI=1S/C20H31N3O2/c1-15-6-5-7-17(16(15)2)21-20(25)14-22-10-12-23(13-11-22)18-8-3-4-9-19(18)24/h3-4,8-9,15-17,24H,5-7,10-14H2,1-2H3,(H,21,25)/p+1/t15-,16-,17+/m1/s1. The second kappa shape index (κ2) is 8.09. The molecule has 1 aromatic rings. The number of anilines is 1. The maximum atomic E-state index is 12.5. The number of rotatable bonds is 4. The van der Waals surface area contributed by atoms with Crippen molar-refractivity contribution in [3.05, 3.63) is 24.3 Å². The lowest BCUT2D eigenvalue weighted by Crippen LogP contribution is -3.16. The first-order chi connectivity index (χ1) is 12.0. The molecule has 3 atom stereocenters. The minimum Gasteiger partial charge on any atom is -0.506 e. The van der Waals surface area contributed by atoms with E-state index in [0.29, 0.717) is 30.2 Å². The van der Waals surface area contributed by atoms with Crippen molar-refractivity contribution in [1.82, 2.24) is 5.32 Å². The summed E-state index contributed by atoms with van der Waals surface area (Å²) in [6, 6.07) is 7.83. The van der Waals surface area contributed by atoms with Crippen molar-refractivity contribution in [2.75, 3.05) is 37.6 Å². The number of piperazine rings is 1. The maximum Gasteiger partial charge on any atom is 0.275 e. The fraction of sp³-hybridized carbons (Fsp3) is 0.650. The molecule has 0 radical (unpaired) electrons. The van der Waals surface area contributed by atoms with Gasteiger partial charge in [0.15, 0.2) is 6.54 Å². The van der Waals surface area contributed by atoms with Gasteiger partial charge < -0.3 is 20.2 Å². The lowest BCUT2D eigenvalue weighted by Gasteiger charge is -2.36. The maximum absolute atomic E-state index is 12.5. The van der Waals surface area contributed by atoms with Crippen molar-refractivity contribution in [2.45, 2.75) is 39.2 Å². The molecule has 1 heterocycles. The molecule has 0 bridgehead atoms. The zero-order valence-corrected chi connectivity index (χ0v) is 15.5. The van der Waals surface area contributed by atoms with Crippen LogP contribution < -0.4 is 15.1 Å². The molecule has 0 spiro atoms. The lowest BCUT2D eigenvalue weighted by molar-refractivity contribution is -0.892. The van der Waals surface area contributed by atoms with Gasteiger partial charge in [0.25, 0.3) is 5.91 Å². The number of amides is 1. The summed E-state index contributed by atoms with van der Waals surface area (Å²) in [4.78, 5) is 16.0. The van der Waals surface area contributed by atoms with Crippen LogP contribution in [-0.2, 0) is 4.79 Å². The number of para-hydroxylation sites is 2. The molecular weight excluding hydrogens is 314 g/mol. The third-order valence-corrected chi connectivity index (χ3v) is 6.16. The van der Waals surface area contributed by atoms with Crippen LogP contribution in [0.15, 0.2) is 24.3 Å². The van der Waals surface area contributed by atoms with Gasteiger partial charge in [-0.15, -0.1) is 0 Å². The molecular formula is C20H32N3O2+. The highest BCUT2D eigenvalue weighted by Gasteiger charge is 2.30. The van der Waals surface area contributed by atoms with Crippen LogP contribution in [0.3, 0.4) is 0 Å². The largest absolute Gasteiger partial charge is 0.506 e. The number of benzene rings is 1. The normalized spacial score (nSPS) is 27.9. The summed E-state index contributed by atoms with van der Waals surface area (Å²) >= 11 is 0. The molecule has 1 amide bonds. The van der Waals surface area contributed by atoms with E-state index < -0.39 is 0 Å². The fourth-order valence-corrected chi connectivity index (χ4v) is 4.24. The average molecular weight is 346 g/mol. The number of carbonyl (C=O) groups excluding carboxylic acids is 1. The molecule has 2 fully saturated rings. The third-order valence-electron chi connectivity index (χ3n) is 6.16. The highest BCUT2D eigenvalue weighted by atomic mass is 16.3. The summed E-state index contributed by atoms with van der Waals surface area (Å²) in [5, 5.41) is 13.3. The molecule has 138 valence electrons. The molecule has 25 heavy (non-hydrogen) atoms. The molecule has 5 heteroatoms. The molecule has 1 aromatic carbocycles. The van der Waals surface area contributed by atoms with Gasteiger partial charge in [0.2, 0.25) is 0 Å². The number of quaternary nitrogens is 1. The van der Waals surface area contributed by atoms with Crippen molar-refractivity contribution < 1.29 is 14.8 Å². The predicted octanol–water partition coefficient (Wildman–Crippen LogP) is 1.04. The minimum absolute atomic E-state index is 0.192. The van der Waals surface area contributed by atoms with Crippen molar-refractivity contribution in [1.29, 1.82) is 0 Å². The molecule has 1 saturated carbocycles. The molecule has 2 aliphatic rings. The molecule has 0 unspecified atom stereocenters. The van der Waals surface area contributed by atoms with Gasteiger partial charge in [0.1, 0.15) is 5.75 Å². The van der Waals surface area contributed by atoms with Crippen LogP contribution in [0, 0.1) is 11.8 Å². The Morgan fingerprint density at radius 1 is 1.24 bits per heavy atom. The zero-order chi connectivity index (χ0) is 17.8. The highest BCUT2D eigenvalue weighted by Crippen LogP contribution is 2.29. The number of hydrogen-bond donors (Lipinski definition) is 3. The highest BCUT2D eigenvalue weighted by molar-refractivity contribution is 5.77. The SMILES string of the molecule is C[C@@H]1[C@H](C)CCC[C@@H]1NC(=O)C[NH+]1CCN(c2ccccc2O)CC1. The summed E-state index contributed by atoms with van der Waals surface area (Å²) < 4.78 is 0. The van der Waals surface area contributed by atoms with Crippen molar-refractivity contribution in [2.24, 2.45) is 11.8 Å². The fourth-order valence-electron chi connectivity index (χ4n) is 4.24. The van der Waals surface area contributed by atoms with Crippen LogP contribution in [-0.4, -0.2) is 49.8 Å². The summed E-state index contributed by atoms with van der Waals surface area (Å²) in [6.45, 7) is 8.73. The number of carbonyl (C=O) groups is 1. The number of phenolic OH excluding ortho intramolecular Hbond substituents is 1. The van der Waals surface area contributed by atoms with Crippen molar-refractivity contribution in [3.63, 3.8) is 0 Å².